The van der Waals surface area contributed by atoms with Gasteiger partial charge in [-0.15, -0.1) is 11.3 Å². The van der Waals surface area contributed by atoms with E-state index >= 15 is 0 Å². The normalized spacial score (nSPS) is 12.0. The summed E-state index contributed by atoms with van der Waals surface area (Å²) in [6, 6.07) is 17.4. The van der Waals surface area contributed by atoms with Crippen molar-refractivity contribution in [1.29, 1.82) is 0 Å². The van der Waals surface area contributed by atoms with Crippen LogP contribution in [0.25, 0.3) is 10.4 Å². The number of para-hydroxylation sites is 1. The second-order valence-electron chi connectivity index (χ2n) is 6.20. The summed E-state index contributed by atoms with van der Waals surface area (Å²) in [5.41, 5.74) is 4.75. The summed E-state index contributed by atoms with van der Waals surface area (Å²) >= 11 is 1.51. The molecule has 0 bridgehead atoms. The van der Waals surface area contributed by atoms with Gasteiger partial charge < -0.3 is 10.6 Å². The average molecular weight is 362 g/mol. The van der Waals surface area contributed by atoms with Gasteiger partial charge >= 0.3 is 0 Å². The van der Waals surface area contributed by atoms with Crippen molar-refractivity contribution in [2.24, 2.45) is 0 Å². The highest BCUT2D eigenvalue weighted by Gasteiger charge is 2.22. The van der Waals surface area contributed by atoms with Crippen LogP contribution < -0.4 is 10.6 Å². The zero-order chi connectivity index (χ0) is 18.1. The highest BCUT2D eigenvalue weighted by molar-refractivity contribution is 7.17. The zero-order valence-corrected chi connectivity index (χ0v) is 15.2. The highest BCUT2D eigenvalue weighted by Crippen LogP contribution is 2.39. The number of benzene rings is 2. The van der Waals surface area contributed by atoms with E-state index in [1.165, 1.54) is 32.9 Å². The Labute approximate surface area is 155 Å². The van der Waals surface area contributed by atoms with Crippen LogP contribution in [0.4, 0.5) is 5.69 Å². The minimum absolute atomic E-state index is 0.182. The number of amides is 2. The number of thiophene rings is 1. The first-order chi connectivity index (χ1) is 12.7. The molecular formula is C21H18N2O2S. The van der Waals surface area contributed by atoms with Gasteiger partial charge in [-0.05, 0) is 47.7 Å². The molecule has 1 aliphatic carbocycles. The molecule has 2 aromatic carbocycles. The van der Waals surface area contributed by atoms with E-state index in [2.05, 4.69) is 28.8 Å². The number of anilines is 1. The minimum atomic E-state index is -0.222. The fourth-order valence-corrected chi connectivity index (χ4v) is 4.46. The average Bonchev–Trinajstić information content (AvgIpc) is 3.13. The van der Waals surface area contributed by atoms with Crippen LogP contribution in [0.15, 0.2) is 54.6 Å². The van der Waals surface area contributed by atoms with Gasteiger partial charge in [0, 0.05) is 11.9 Å². The number of hydrogen-bond acceptors (Lipinski definition) is 3. The largest absolute Gasteiger partial charge is 0.355 e. The summed E-state index contributed by atoms with van der Waals surface area (Å²) in [7, 11) is 1.58. The van der Waals surface area contributed by atoms with Crippen LogP contribution in [0, 0.1) is 0 Å². The number of carbonyl (C=O) groups excluding carboxylic acids is 2. The van der Waals surface area contributed by atoms with Crippen molar-refractivity contribution in [2.45, 2.75) is 12.8 Å². The van der Waals surface area contributed by atoms with Gasteiger partial charge in [0.1, 0.15) is 0 Å². The van der Waals surface area contributed by atoms with Gasteiger partial charge in [0.25, 0.3) is 11.8 Å². The van der Waals surface area contributed by atoms with E-state index in [1.54, 1.807) is 31.3 Å². The lowest BCUT2D eigenvalue weighted by Crippen LogP contribution is -2.21. The third-order valence-electron chi connectivity index (χ3n) is 4.61. The van der Waals surface area contributed by atoms with Crippen molar-refractivity contribution in [2.75, 3.05) is 12.4 Å². The number of carbonyl (C=O) groups is 2. The van der Waals surface area contributed by atoms with E-state index in [-0.39, 0.29) is 11.8 Å². The van der Waals surface area contributed by atoms with Crippen molar-refractivity contribution < 1.29 is 9.59 Å². The molecule has 4 nitrogen and oxygen atoms in total. The molecule has 0 saturated carbocycles. The number of aryl methyl sites for hydroxylation is 2. The maximum atomic E-state index is 12.8. The molecule has 2 amide bonds. The van der Waals surface area contributed by atoms with Crippen LogP contribution in [0.1, 0.15) is 31.2 Å². The highest BCUT2D eigenvalue weighted by atomic mass is 32.1. The lowest BCUT2D eigenvalue weighted by molar-refractivity contribution is 0.0964. The number of rotatable bonds is 3. The van der Waals surface area contributed by atoms with Gasteiger partial charge in [0.2, 0.25) is 0 Å². The first-order valence-electron chi connectivity index (χ1n) is 8.51. The second-order valence-corrected chi connectivity index (χ2v) is 7.25. The standard InChI is InChI=1S/C21H18N2O2S/c1-22-20(24)16-8-4-5-9-17(16)23-21(25)18-12-14-11-10-13-6-2-3-7-15(13)19(14)26-18/h2-9,12H,10-11H2,1H3,(H,22,24)(H,23,25). The third-order valence-corrected chi connectivity index (χ3v) is 5.81. The summed E-state index contributed by atoms with van der Waals surface area (Å²) < 4.78 is 0. The Morgan fingerprint density at radius 1 is 0.923 bits per heavy atom. The summed E-state index contributed by atoms with van der Waals surface area (Å²) in [5, 5.41) is 5.48. The molecule has 3 aromatic rings. The van der Waals surface area contributed by atoms with Crippen molar-refractivity contribution in [3.63, 3.8) is 0 Å². The second kappa shape index (κ2) is 6.77. The Kier molecular flexibility index (Phi) is 4.31. The van der Waals surface area contributed by atoms with Crippen LogP contribution in [-0.2, 0) is 12.8 Å². The van der Waals surface area contributed by atoms with Gasteiger partial charge in [-0.2, -0.15) is 0 Å². The molecule has 0 fully saturated rings. The van der Waals surface area contributed by atoms with E-state index in [0.29, 0.717) is 16.1 Å². The predicted molar refractivity (Wildman–Crippen MR) is 105 cm³/mol. The minimum Gasteiger partial charge on any atom is -0.355 e. The topological polar surface area (TPSA) is 58.2 Å². The van der Waals surface area contributed by atoms with E-state index in [1.807, 2.05) is 12.1 Å². The van der Waals surface area contributed by atoms with E-state index < -0.39 is 0 Å². The molecule has 4 rings (SSSR count). The lowest BCUT2D eigenvalue weighted by Gasteiger charge is -2.15. The summed E-state index contributed by atoms with van der Waals surface area (Å²) in [5.74, 6) is -0.404. The van der Waals surface area contributed by atoms with Gasteiger partial charge in [0.15, 0.2) is 0 Å². The Hall–Kier alpha value is -2.92. The summed E-state index contributed by atoms with van der Waals surface area (Å²) in [6.45, 7) is 0. The quantitative estimate of drug-likeness (QED) is 0.736. The molecule has 0 unspecified atom stereocenters. The first-order valence-corrected chi connectivity index (χ1v) is 9.32. The van der Waals surface area contributed by atoms with Gasteiger partial charge in [-0.3, -0.25) is 9.59 Å². The molecule has 1 aliphatic rings. The Balaban J connectivity index is 1.64. The molecule has 0 spiro atoms. The van der Waals surface area contributed by atoms with Crippen molar-refractivity contribution >= 4 is 28.8 Å². The van der Waals surface area contributed by atoms with Crippen molar-refractivity contribution in [3.05, 3.63) is 76.2 Å². The van der Waals surface area contributed by atoms with Crippen LogP contribution in [0.2, 0.25) is 0 Å². The zero-order valence-electron chi connectivity index (χ0n) is 14.3. The summed E-state index contributed by atoms with van der Waals surface area (Å²) in [4.78, 5) is 26.6. The van der Waals surface area contributed by atoms with Gasteiger partial charge in [0.05, 0.1) is 16.1 Å². The fourth-order valence-electron chi connectivity index (χ4n) is 3.29. The molecule has 0 atom stereocenters. The number of hydrogen-bond donors (Lipinski definition) is 2. The monoisotopic (exact) mass is 362 g/mol. The first kappa shape index (κ1) is 16.5. The molecule has 2 N–H and O–H groups in total. The molecule has 26 heavy (non-hydrogen) atoms. The number of fused-ring (bicyclic) bond motifs is 3. The van der Waals surface area contributed by atoms with Crippen LogP contribution >= 0.6 is 11.3 Å². The fraction of sp³-hybridized carbons (Fsp3) is 0.143. The van der Waals surface area contributed by atoms with Gasteiger partial charge in [-0.1, -0.05) is 36.4 Å². The Morgan fingerprint density at radius 3 is 2.50 bits per heavy atom. The maximum absolute atomic E-state index is 12.8. The summed E-state index contributed by atoms with van der Waals surface area (Å²) in [6.07, 6.45) is 1.95. The van der Waals surface area contributed by atoms with Gasteiger partial charge in [-0.25, -0.2) is 0 Å². The van der Waals surface area contributed by atoms with E-state index in [9.17, 15) is 9.59 Å². The molecule has 1 aromatic heterocycles. The molecule has 0 radical (unpaired) electrons. The lowest BCUT2D eigenvalue weighted by atomic mass is 9.91. The van der Waals surface area contributed by atoms with Crippen LogP contribution in [-0.4, -0.2) is 18.9 Å². The van der Waals surface area contributed by atoms with E-state index in [4.69, 9.17) is 0 Å². The molecular weight excluding hydrogens is 344 g/mol. The third kappa shape index (κ3) is 2.91. The smallest absolute Gasteiger partial charge is 0.265 e. The Bertz CT molecular complexity index is 1010. The molecule has 0 aliphatic heterocycles. The van der Waals surface area contributed by atoms with Crippen molar-refractivity contribution in [1.82, 2.24) is 5.32 Å². The number of nitrogens with one attached hydrogen (secondary N) is 2. The molecule has 5 heteroatoms. The van der Waals surface area contributed by atoms with E-state index in [0.717, 1.165) is 12.8 Å². The maximum Gasteiger partial charge on any atom is 0.265 e. The molecule has 130 valence electrons. The predicted octanol–water partition coefficient (Wildman–Crippen LogP) is 4.13. The Morgan fingerprint density at radius 2 is 1.65 bits per heavy atom. The van der Waals surface area contributed by atoms with Crippen LogP contribution in [0.5, 0.6) is 0 Å². The molecule has 0 saturated heterocycles. The molecule has 1 heterocycles. The van der Waals surface area contributed by atoms with Crippen LogP contribution in [0.3, 0.4) is 0 Å². The van der Waals surface area contributed by atoms with Crippen molar-refractivity contribution in [3.8, 4) is 10.4 Å². The SMILES string of the molecule is CNC(=O)c1ccccc1NC(=O)c1cc2c(s1)-c1ccccc1CC2.